The van der Waals surface area contributed by atoms with Crippen molar-refractivity contribution in [1.82, 2.24) is 15.0 Å². The summed E-state index contributed by atoms with van der Waals surface area (Å²) in [6.45, 7) is 4.18. The Labute approximate surface area is 117 Å². The zero-order valence-electron chi connectivity index (χ0n) is 11.0. The van der Waals surface area contributed by atoms with Gasteiger partial charge in [-0.05, 0) is 12.2 Å². The maximum atomic E-state index is 6.17. The second-order valence-corrected chi connectivity index (χ2v) is 6.22. The van der Waals surface area contributed by atoms with Gasteiger partial charge in [0.1, 0.15) is 0 Å². The van der Waals surface area contributed by atoms with Crippen molar-refractivity contribution in [2.75, 3.05) is 44.4 Å². The average Bonchev–Trinajstić information content (AvgIpc) is 3.11. The van der Waals surface area contributed by atoms with Crippen molar-refractivity contribution in [3.8, 4) is 0 Å². The summed E-state index contributed by atoms with van der Waals surface area (Å²) in [5.41, 5.74) is 6.17. The Balaban J connectivity index is 1.58. The summed E-state index contributed by atoms with van der Waals surface area (Å²) >= 11 is 1.94. The number of thioether (sulfide) groups is 1. The molecular formula is C12H20N4O2S. The summed E-state index contributed by atoms with van der Waals surface area (Å²) in [4.78, 5) is 6.77. The van der Waals surface area contributed by atoms with Crippen molar-refractivity contribution in [2.45, 2.75) is 18.4 Å². The Morgan fingerprint density at radius 3 is 3.00 bits per heavy atom. The van der Waals surface area contributed by atoms with E-state index < -0.39 is 0 Å². The van der Waals surface area contributed by atoms with Gasteiger partial charge < -0.3 is 15.0 Å². The summed E-state index contributed by atoms with van der Waals surface area (Å²) in [6, 6.07) is -0.176. The van der Waals surface area contributed by atoms with E-state index in [4.69, 9.17) is 15.0 Å². The highest BCUT2D eigenvalue weighted by Gasteiger charge is 2.25. The molecule has 2 aliphatic heterocycles. The maximum absolute atomic E-state index is 6.17. The number of hydrogen-bond donors (Lipinski definition) is 1. The lowest BCUT2D eigenvalue weighted by Gasteiger charge is -2.27. The predicted octanol–water partition coefficient (Wildman–Crippen LogP) is 0.622. The lowest BCUT2D eigenvalue weighted by Crippen LogP contribution is -2.40. The van der Waals surface area contributed by atoms with E-state index in [2.05, 4.69) is 15.0 Å². The van der Waals surface area contributed by atoms with E-state index in [1.54, 1.807) is 0 Å². The van der Waals surface area contributed by atoms with Crippen LogP contribution in [0.1, 0.15) is 30.1 Å². The quantitative estimate of drug-likeness (QED) is 0.868. The fourth-order valence-electron chi connectivity index (χ4n) is 2.44. The molecule has 3 rings (SSSR count). The van der Waals surface area contributed by atoms with E-state index in [-0.39, 0.29) is 6.04 Å². The molecule has 0 aliphatic carbocycles. The van der Waals surface area contributed by atoms with Gasteiger partial charge in [-0.15, -0.1) is 0 Å². The van der Waals surface area contributed by atoms with E-state index in [0.29, 0.717) is 11.7 Å². The van der Waals surface area contributed by atoms with Gasteiger partial charge in [0.05, 0.1) is 19.3 Å². The molecule has 0 bridgehead atoms. The van der Waals surface area contributed by atoms with E-state index in [1.165, 1.54) is 5.75 Å². The molecule has 7 heteroatoms. The normalized spacial score (nSPS) is 26.7. The number of hydrogen-bond acceptors (Lipinski definition) is 7. The molecule has 2 N–H and O–H groups in total. The molecule has 3 heterocycles. The zero-order chi connectivity index (χ0) is 13.1. The minimum atomic E-state index is -0.176. The van der Waals surface area contributed by atoms with Crippen LogP contribution in [0.2, 0.25) is 0 Å². The third-order valence-corrected chi connectivity index (χ3v) is 4.79. The molecular weight excluding hydrogens is 264 g/mol. The van der Waals surface area contributed by atoms with Gasteiger partial charge >= 0.3 is 0 Å². The van der Waals surface area contributed by atoms with Crippen molar-refractivity contribution in [3.05, 3.63) is 11.7 Å². The fourth-order valence-corrected chi connectivity index (χ4v) is 3.65. The number of aromatic nitrogens is 2. The Morgan fingerprint density at radius 2 is 2.26 bits per heavy atom. The van der Waals surface area contributed by atoms with Gasteiger partial charge in [-0.1, -0.05) is 5.16 Å². The van der Waals surface area contributed by atoms with Crippen LogP contribution in [0.5, 0.6) is 0 Å². The third kappa shape index (κ3) is 3.28. The average molecular weight is 284 g/mol. The summed E-state index contributed by atoms with van der Waals surface area (Å²) in [7, 11) is 0. The minimum absolute atomic E-state index is 0.176. The third-order valence-electron chi connectivity index (χ3n) is 3.63. The van der Waals surface area contributed by atoms with E-state index in [1.807, 2.05) is 11.8 Å². The Morgan fingerprint density at radius 1 is 1.42 bits per heavy atom. The lowest BCUT2D eigenvalue weighted by atomic mass is 10.1. The van der Waals surface area contributed by atoms with Crippen molar-refractivity contribution in [2.24, 2.45) is 5.73 Å². The van der Waals surface area contributed by atoms with Crippen LogP contribution in [0, 0.1) is 0 Å². The van der Waals surface area contributed by atoms with Gasteiger partial charge in [-0.25, -0.2) is 0 Å². The number of nitrogens with two attached hydrogens (primary N) is 1. The van der Waals surface area contributed by atoms with Gasteiger partial charge in [-0.3, -0.25) is 4.90 Å². The van der Waals surface area contributed by atoms with E-state index in [9.17, 15) is 0 Å². The standard InChI is InChI=1S/C12H20N4O2S/c13-10(7-16-2-4-17-5-3-16)11-14-12(18-15-11)9-1-6-19-8-9/h9-10H,1-8,13H2. The first kappa shape index (κ1) is 13.4. The molecule has 2 fully saturated rings. The Bertz CT molecular complexity index is 402. The molecule has 2 aliphatic rings. The van der Waals surface area contributed by atoms with Crippen LogP contribution >= 0.6 is 11.8 Å². The van der Waals surface area contributed by atoms with Crippen molar-refractivity contribution in [3.63, 3.8) is 0 Å². The Hall–Kier alpha value is -0.630. The number of ether oxygens (including phenoxy) is 1. The number of nitrogens with zero attached hydrogens (tertiary/aromatic N) is 3. The molecule has 19 heavy (non-hydrogen) atoms. The summed E-state index contributed by atoms with van der Waals surface area (Å²) < 4.78 is 10.7. The Kier molecular flexibility index (Phi) is 4.37. The largest absolute Gasteiger partial charge is 0.379 e. The number of rotatable bonds is 4. The smallest absolute Gasteiger partial charge is 0.230 e. The second kappa shape index (κ2) is 6.21. The first-order chi connectivity index (χ1) is 9.33. The van der Waals surface area contributed by atoms with Crippen LogP contribution in [0.3, 0.4) is 0 Å². The maximum Gasteiger partial charge on any atom is 0.230 e. The van der Waals surface area contributed by atoms with Gasteiger partial charge in [0.15, 0.2) is 5.82 Å². The molecule has 106 valence electrons. The first-order valence-electron chi connectivity index (χ1n) is 6.80. The van der Waals surface area contributed by atoms with Crippen LogP contribution in [0.25, 0.3) is 0 Å². The van der Waals surface area contributed by atoms with Crippen LogP contribution in [-0.2, 0) is 4.74 Å². The van der Waals surface area contributed by atoms with Crippen molar-refractivity contribution in [1.29, 1.82) is 0 Å². The van der Waals surface area contributed by atoms with Gasteiger partial charge in [0.2, 0.25) is 5.89 Å². The predicted molar refractivity (Wildman–Crippen MR) is 73.2 cm³/mol. The highest BCUT2D eigenvalue weighted by Crippen LogP contribution is 2.31. The summed E-state index contributed by atoms with van der Waals surface area (Å²) in [5, 5.41) is 4.05. The van der Waals surface area contributed by atoms with Crippen molar-refractivity contribution < 1.29 is 9.26 Å². The number of morpholine rings is 1. The topological polar surface area (TPSA) is 77.4 Å². The molecule has 2 saturated heterocycles. The SMILES string of the molecule is NC(CN1CCOCC1)c1noc(C2CCSC2)n1. The van der Waals surface area contributed by atoms with Gasteiger partial charge in [-0.2, -0.15) is 16.7 Å². The minimum Gasteiger partial charge on any atom is -0.379 e. The molecule has 0 amide bonds. The molecule has 0 aromatic carbocycles. The van der Waals surface area contributed by atoms with Crippen LogP contribution in [-0.4, -0.2) is 59.4 Å². The summed E-state index contributed by atoms with van der Waals surface area (Å²) in [6.07, 6.45) is 1.13. The molecule has 0 radical (unpaired) electrons. The summed E-state index contributed by atoms with van der Waals surface area (Å²) in [5.74, 6) is 4.08. The van der Waals surface area contributed by atoms with E-state index in [0.717, 1.165) is 50.9 Å². The molecule has 0 saturated carbocycles. The van der Waals surface area contributed by atoms with Crippen LogP contribution < -0.4 is 5.73 Å². The van der Waals surface area contributed by atoms with Crippen molar-refractivity contribution >= 4 is 11.8 Å². The molecule has 2 unspecified atom stereocenters. The molecule has 2 atom stereocenters. The highest BCUT2D eigenvalue weighted by molar-refractivity contribution is 7.99. The molecule has 6 nitrogen and oxygen atoms in total. The monoisotopic (exact) mass is 284 g/mol. The molecule has 0 spiro atoms. The second-order valence-electron chi connectivity index (χ2n) is 5.07. The van der Waals surface area contributed by atoms with E-state index >= 15 is 0 Å². The first-order valence-corrected chi connectivity index (χ1v) is 7.95. The molecule has 1 aromatic heterocycles. The highest BCUT2D eigenvalue weighted by atomic mass is 32.2. The van der Waals surface area contributed by atoms with Gasteiger partial charge in [0.25, 0.3) is 0 Å². The zero-order valence-corrected chi connectivity index (χ0v) is 11.8. The molecule has 1 aromatic rings. The van der Waals surface area contributed by atoms with Crippen LogP contribution in [0.15, 0.2) is 4.52 Å². The van der Waals surface area contributed by atoms with Gasteiger partial charge in [0, 0.05) is 31.3 Å². The fraction of sp³-hybridized carbons (Fsp3) is 0.833. The lowest BCUT2D eigenvalue weighted by molar-refractivity contribution is 0.0348. The van der Waals surface area contributed by atoms with Crippen LogP contribution in [0.4, 0.5) is 0 Å².